The van der Waals surface area contributed by atoms with Crippen molar-refractivity contribution in [2.45, 2.75) is 39.2 Å². The van der Waals surface area contributed by atoms with Crippen LogP contribution in [0.1, 0.15) is 33.6 Å². The average molecular weight is 144 g/mol. The van der Waals surface area contributed by atoms with Gasteiger partial charge in [0.1, 0.15) is 0 Å². The molecule has 0 fully saturated rings. The van der Waals surface area contributed by atoms with E-state index in [2.05, 4.69) is 5.32 Å². The maximum atomic E-state index is 10.4. The van der Waals surface area contributed by atoms with Crippen LogP contribution in [0.2, 0.25) is 0 Å². The third-order valence-electron chi connectivity index (χ3n) is 1.99. The minimum atomic E-state index is -0.439. The van der Waals surface area contributed by atoms with Crippen LogP contribution in [0.4, 0.5) is 4.79 Å². The highest BCUT2D eigenvalue weighted by molar-refractivity contribution is 5.72. The topological polar surface area (TPSA) is 55.1 Å². The van der Waals surface area contributed by atoms with E-state index in [1.807, 2.05) is 20.8 Å². The van der Waals surface area contributed by atoms with Crippen LogP contribution in [-0.4, -0.2) is 11.6 Å². The van der Waals surface area contributed by atoms with Gasteiger partial charge in [-0.05, 0) is 19.8 Å². The Labute approximate surface area is 62.0 Å². The summed E-state index contributed by atoms with van der Waals surface area (Å²) in [5.74, 6) is 0. The van der Waals surface area contributed by atoms with Crippen molar-refractivity contribution in [1.29, 1.82) is 0 Å². The fourth-order valence-electron chi connectivity index (χ4n) is 0.724. The van der Waals surface area contributed by atoms with E-state index >= 15 is 0 Å². The number of urea groups is 1. The Kier molecular flexibility index (Phi) is 3.19. The second-order valence-electron chi connectivity index (χ2n) is 2.76. The summed E-state index contributed by atoms with van der Waals surface area (Å²) in [6.07, 6.45) is 1.82. The summed E-state index contributed by atoms with van der Waals surface area (Å²) in [5, 5.41) is 2.69. The van der Waals surface area contributed by atoms with Crippen LogP contribution < -0.4 is 11.1 Å². The highest BCUT2D eigenvalue weighted by atomic mass is 16.2. The van der Waals surface area contributed by atoms with Gasteiger partial charge in [0.15, 0.2) is 0 Å². The number of hydrogen-bond acceptors (Lipinski definition) is 1. The molecule has 3 heteroatoms. The second kappa shape index (κ2) is 3.44. The summed E-state index contributed by atoms with van der Waals surface area (Å²) in [6.45, 7) is 6.04. The minimum absolute atomic E-state index is 0.119. The predicted octanol–water partition coefficient (Wildman–Crippen LogP) is 1.23. The number of carbonyl (C=O) groups is 1. The normalized spacial score (nSPS) is 11.1. The van der Waals surface area contributed by atoms with Gasteiger partial charge in [0.25, 0.3) is 0 Å². The maximum absolute atomic E-state index is 10.4. The lowest BCUT2D eigenvalue weighted by atomic mass is 9.96. The van der Waals surface area contributed by atoms with Crippen LogP contribution in [0.5, 0.6) is 0 Å². The smallest absolute Gasteiger partial charge is 0.312 e. The number of amides is 2. The van der Waals surface area contributed by atoms with Gasteiger partial charge in [-0.1, -0.05) is 13.8 Å². The molecule has 0 heterocycles. The van der Waals surface area contributed by atoms with Crippen molar-refractivity contribution in [2.75, 3.05) is 0 Å². The molecule has 3 N–H and O–H groups in total. The van der Waals surface area contributed by atoms with Gasteiger partial charge in [-0.2, -0.15) is 0 Å². The summed E-state index contributed by atoms with van der Waals surface area (Å²) in [5.41, 5.74) is 4.86. The predicted molar refractivity (Wildman–Crippen MR) is 41.7 cm³/mol. The second-order valence-corrected chi connectivity index (χ2v) is 2.76. The first-order chi connectivity index (χ1) is 4.54. The van der Waals surface area contributed by atoms with Gasteiger partial charge < -0.3 is 11.1 Å². The zero-order valence-corrected chi connectivity index (χ0v) is 6.90. The number of nitrogens with one attached hydrogen (secondary N) is 1. The van der Waals surface area contributed by atoms with Crippen molar-refractivity contribution in [3.8, 4) is 0 Å². The molecule has 0 spiro atoms. The minimum Gasteiger partial charge on any atom is -0.352 e. The first kappa shape index (κ1) is 9.27. The van der Waals surface area contributed by atoms with Crippen LogP contribution >= 0.6 is 0 Å². The molecule has 0 aromatic rings. The first-order valence-electron chi connectivity index (χ1n) is 3.61. The molecule has 0 atom stereocenters. The van der Waals surface area contributed by atoms with Crippen molar-refractivity contribution in [3.63, 3.8) is 0 Å². The van der Waals surface area contributed by atoms with E-state index in [1.165, 1.54) is 0 Å². The van der Waals surface area contributed by atoms with Gasteiger partial charge in [-0.15, -0.1) is 0 Å². The number of nitrogens with two attached hydrogens (primary N) is 1. The third kappa shape index (κ3) is 2.71. The first-order valence-corrected chi connectivity index (χ1v) is 3.61. The van der Waals surface area contributed by atoms with E-state index in [9.17, 15) is 4.79 Å². The van der Waals surface area contributed by atoms with E-state index in [0.717, 1.165) is 12.8 Å². The van der Waals surface area contributed by atoms with Crippen LogP contribution in [-0.2, 0) is 0 Å². The number of primary amides is 1. The van der Waals surface area contributed by atoms with Gasteiger partial charge in [-0.3, -0.25) is 0 Å². The molecule has 0 aliphatic rings. The Hall–Kier alpha value is -0.730. The van der Waals surface area contributed by atoms with Crippen molar-refractivity contribution in [1.82, 2.24) is 5.32 Å². The van der Waals surface area contributed by atoms with Crippen LogP contribution in [0.25, 0.3) is 0 Å². The van der Waals surface area contributed by atoms with Crippen LogP contribution in [0.15, 0.2) is 0 Å². The Morgan fingerprint density at radius 1 is 1.50 bits per heavy atom. The molecule has 2 amide bonds. The summed E-state index contributed by atoms with van der Waals surface area (Å²) >= 11 is 0. The molecule has 0 bridgehead atoms. The molecule has 3 nitrogen and oxygen atoms in total. The Bertz CT molecular complexity index is 119. The van der Waals surface area contributed by atoms with Crippen LogP contribution in [0, 0.1) is 0 Å². The molecule has 0 saturated heterocycles. The quantitative estimate of drug-likeness (QED) is 0.615. The summed E-state index contributed by atoms with van der Waals surface area (Å²) < 4.78 is 0. The van der Waals surface area contributed by atoms with Crippen molar-refractivity contribution in [2.24, 2.45) is 5.73 Å². The highest BCUT2D eigenvalue weighted by Gasteiger charge is 2.19. The number of rotatable bonds is 3. The fraction of sp³-hybridized carbons (Fsp3) is 0.857. The molecule has 60 valence electrons. The van der Waals surface area contributed by atoms with Gasteiger partial charge in [0, 0.05) is 5.54 Å². The molecule has 0 rings (SSSR count). The monoisotopic (exact) mass is 144 g/mol. The summed E-state index contributed by atoms with van der Waals surface area (Å²) in [7, 11) is 0. The largest absolute Gasteiger partial charge is 0.352 e. The molecule has 0 aromatic carbocycles. The average Bonchev–Trinajstić information content (AvgIpc) is 1.87. The summed E-state index contributed by atoms with van der Waals surface area (Å²) in [4.78, 5) is 10.4. The highest BCUT2D eigenvalue weighted by Crippen LogP contribution is 2.12. The Morgan fingerprint density at radius 3 is 2.00 bits per heavy atom. The van der Waals surface area contributed by atoms with Gasteiger partial charge in [-0.25, -0.2) is 4.79 Å². The zero-order valence-electron chi connectivity index (χ0n) is 6.90. The van der Waals surface area contributed by atoms with Gasteiger partial charge in [0.2, 0.25) is 0 Å². The molecule has 0 aromatic heterocycles. The van der Waals surface area contributed by atoms with Crippen molar-refractivity contribution in [3.05, 3.63) is 0 Å². The lowest BCUT2D eigenvalue weighted by Gasteiger charge is -2.26. The van der Waals surface area contributed by atoms with E-state index in [0.29, 0.717) is 0 Å². The number of carbonyl (C=O) groups excluding carboxylic acids is 1. The van der Waals surface area contributed by atoms with Gasteiger partial charge in [0.05, 0.1) is 0 Å². The fourth-order valence-corrected chi connectivity index (χ4v) is 0.724. The van der Waals surface area contributed by atoms with E-state index in [1.54, 1.807) is 0 Å². The molecule has 0 aliphatic carbocycles. The van der Waals surface area contributed by atoms with E-state index < -0.39 is 6.03 Å². The third-order valence-corrected chi connectivity index (χ3v) is 1.99. The summed E-state index contributed by atoms with van der Waals surface area (Å²) in [6, 6.07) is -0.439. The Morgan fingerprint density at radius 2 is 1.90 bits per heavy atom. The van der Waals surface area contributed by atoms with Gasteiger partial charge >= 0.3 is 6.03 Å². The van der Waals surface area contributed by atoms with Crippen molar-refractivity contribution >= 4 is 6.03 Å². The molecule has 10 heavy (non-hydrogen) atoms. The molecular weight excluding hydrogens is 128 g/mol. The molecule has 0 radical (unpaired) electrons. The molecule has 0 unspecified atom stereocenters. The van der Waals surface area contributed by atoms with Crippen LogP contribution in [0.3, 0.4) is 0 Å². The maximum Gasteiger partial charge on any atom is 0.312 e. The van der Waals surface area contributed by atoms with E-state index in [4.69, 9.17) is 5.73 Å². The molecule has 0 saturated carbocycles. The zero-order chi connectivity index (χ0) is 8.20. The Balaban J connectivity index is 3.92. The van der Waals surface area contributed by atoms with Crippen molar-refractivity contribution < 1.29 is 4.79 Å². The molecular formula is C7H16N2O. The van der Waals surface area contributed by atoms with E-state index in [-0.39, 0.29) is 5.54 Å². The lowest BCUT2D eigenvalue weighted by molar-refractivity contribution is 0.233. The molecule has 0 aliphatic heterocycles. The SMILES string of the molecule is CCC(C)(CC)NC(N)=O. The number of hydrogen-bond donors (Lipinski definition) is 2. The lowest BCUT2D eigenvalue weighted by Crippen LogP contribution is -2.47. The standard InChI is InChI=1S/C7H16N2O/c1-4-7(3,5-2)9-6(8)10/h4-5H2,1-3H3,(H3,8,9,10).